The first-order valence-corrected chi connectivity index (χ1v) is 11.4. The standard InChI is InChI=1S/C25H16BrFN2O5S/c26-18-12-15(7-10-21(18)34-13-14-5-8-16(9-6-14)24(32)33)11-17-22(30)28-25(35)29(23(17)31)20-4-2-1-3-19(20)27/h1-12H,13H2,(H,32,33)(H,28,30,35)/b17-11+. The van der Waals surface area contributed by atoms with Crippen LogP contribution in [0.3, 0.4) is 0 Å². The van der Waals surface area contributed by atoms with Crippen LogP contribution in [-0.4, -0.2) is 28.0 Å². The first-order valence-electron chi connectivity index (χ1n) is 10.1. The summed E-state index contributed by atoms with van der Waals surface area (Å²) in [6.45, 7) is 0.203. The van der Waals surface area contributed by atoms with Crippen LogP contribution in [0.15, 0.2) is 76.8 Å². The second kappa shape index (κ2) is 10.2. The smallest absolute Gasteiger partial charge is 0.335 e. The van der Waals surface area contributed by atoms with E-state index in [4.69, 9.17) is 22.1 Å². The molecular formula is C25H16BrFN2O5S. The van der Waals surface area contributed by atoms with Crippen LogP contribution in [0.1, 0.15) is 21.5 Å². The van der Waals surface area contributed by atoms with Gasteiger partial charge in [-0.25, -0.2) is 14.1 Å². The average molecular weight is 555 g/mol. The molecule has 2 amide bonds. The Balaban J connectivity index is 1.53. The Morgan fingerprint density at radius 2 is 1.83 bits per heavy atom. The minimum absolute atomic E-state index is 0.0604. The fraction of sp³-hybridized carbons (Fsp3) is 0.0400. The molecule has 176 valence electrons. The normalized spacial score (nSPS) is 14.7. The molecule has 0 unspecified atom stereocenters. The lowest BCUT2D eigenvalue weighted by Gasteiger charge is -2.29. The zero-order chi connectivity index (χ0) is 25.1. The summed E-state index contributed by atoms with van der Waals surface area (Å²) >= 11 is 8.51. The number of benzene rings is 3. The van der Waals surface area contributed by atoms with Gasteiger partial charge in [-0.2, -0.15) is 0 Å². The Morgan fingerprint density at radius 3 is 2.49 bits per heavy atom. The van der Waals surface area contributed by atoms with E-state index in [-0.39, 0.29) is 28.5 Å². The molecule has 7 nitrogen and oxygen atoms in total. The second-order valence-electron chi connectivity index (χ2n) is 7.39. The quantitative estimate of drug-likeness (QED) is 0.260. The molecule has 0 aromatic heterocycles. The van der Waals surface area contributed by atoms with E-state index in [1.165, 1.54) is 36.4 Å². The number of hydrogen-bond acceptors (Lipinski definition) is 5. The van der Waals surface area contributed by atoms with Crippen LogP contribution >= 0.6 is 28.1 Å². The molecule has 1 aliphatic heterocycles. The highest BCUT2D eigenvalue weighted by Gasteiger charge is 2.35. The lowest BCUT2D eigenvalue weighted by atomic mass is 10.1. The van der Waals surface area contributed by atoms with E-state index >= 15 is 0 Å². The molecule has 1 saturated heterocycles. The molecule has 35 heavy (non-hydrogen) atoms. The van der Waals surface area contributed by atoms with E-state index in [9.17, 15) is 18.8 Å². The summed E-state index contributed by atoms with van der Waals surface area (Å²) in [5.74, 6) is -2.59. The predicted octanol–water partition coefficient (Wildman–Crippen LogP) is 4.70. The summed E-state index contributed by atoms with van der Waals surface area (Å²) in [5, 5.41) is 11.2. The van der Waals surface area contributed by atoms with Gasteiger partial charge in [0.1, 0.15) is 23.7 Å². The first-order chi connectivity index (χ1) is 16.7. The van der Waals surface area contributed by atoms with Crippen molar-refractivity contribution < 1.29 is 28.6 Å². The number of nitrogens with one attached hydrogen (secondary N) is 1. The fourth-order valence-electron chi connectivity index (χ4n) is 3.30. The van der Waals surface area contributed by atoms with Crippen molar-refractivity contribution in [1.82, 2.24) is 5.32 Å². The van der Waals surface area contributed by atoms with Crippen molar-refractivity contribution in [3.8, 4) is 5.75 Å². The molecule has 0 bridgehead atoms. The number of carbonyl (C=O) groups excluding carboxylic acids is 2. The molecule has 0 saturated carbocycles. The number of ether oxygens (including phenoxy) is 1. The van der Waals surface area contributed by atoms with Gasteiger partial charge in [-0.15, -0.1) is 0 Å². The minimum Gasteiger partial charge on any atom is -0.488 e. The fourth-order valence-corrected chi connectivity index (χ4v) is 4.09. The summed E-state index contributed by atoms with van der Waals surface area (Å²) in [6, 6.07) is 16.9. The molecule has 0 spiro atoms. The molecule has 2 N–H and O–H groups in total. The van der Waals surface area contributed by atoms with Gasteiger partial charge >= 0.3 is 5.97 Å². The van der Waals surface area contributed by atoms with Crippen LogP contribution in [0.2, 0.25) is 0 Å². The Hall–Kier alpha value is -3.89. The number of anilines is 1. The maximum Gasteiger partial charge on any atom is 0.335 e. The Kier molecular flexibility index (Phi) is 7.04. The SMILES string of the molecule is O=C1NC(=S)N(c2ccccc2F)C(=O)/C1=C/c1ccc(OCc2ccc(C(=O)O)cc2)c(Br)c1. The van der Waals surface area contributed by atoms with Gasteiger partial charge in [-0.05, 0) is 81.7 Å². The van der Waals surface area contributed by atoms with Crippen LogP contribution in [0.25, 0.3) is 6.08 Å². The number of thiocarbonyl (C=S) groups is 1. The van der Waals surface area contributed by atoms with E-state index in [1.807, 2.05) is 0 Å². The molecule has 0 radical (unpaired) electrons. The van der Waals surface area contributed by atoms with E-state index in [0.29, 0.717) is 15.8 Å². The van der Waals surface area contributed by atoms with Crippen LogP contribution in [0, 0.1) is 5.82 Å². The van der Waals surface area contributed by atoms with Crippen LogP contribution in [-0.2, 0) is 16.2 Å². The Labute approximate surface area is 212 Å². The van der Waals surface area contributed by atoms with E-state index in [2.05, 4.69) is 21.2 Å². The maximum atomic E-state index is 14.3. The lowest BCUT2D eigenvalue weighted by molar-refractivity contribution is -0.122. The Morgan fingerprint density at radius 1 is 1.11 bits per heavy atom. The van der Waals surface area contributed by atoms with Gasteiger partial charge in [0.25, 0.3) is 11.8 Å². The molecule has 10 heteroatoms. The topological polar surface area (TPSA) is 95.9 Å². The van der Waals surface area contributed by atoms with Gasteiger partial charge in [-0.3, -0.25) is 14.9 Å². The molecule has 1 fully saturated rings. The molecule has 3 aromatic rings. The van der Waals surface area contributed by atoms with E-state index < -0.39 is 23.6 Å². The van der Waals surface area contributed by atoms with Crippen molar-refractivity contribution in [3.63, 3.8) is 0 Å². The number of carbonyl (C=O) groups is 3. The first kappa shape index (κ1) is 24.2. The summed E-state index contributed by atoms with van der Waals surface area (Å²) in [7, 11) is 0. The molecule has 4 rings (SSSR count). The van der Waals surface area contributed by atoms with Crippen molar-refractivity contribution >= 4 is 62.8 Å². The number of carboxylic acid groups (broad SMARTS) is 1. The molecule has 1 heterocycles. The number of halogens is 2. The third-order valence-electron chi connectivity index (χ3n) is 5.06. The van der Waals surface area contributed by atoms with Gasteiger partial charge < -0.3 is 9.84 Å². The summed E-state index contributed by atoms with van der Waals surface area (Å²) in [5.41, 5.74) is 1.22. The van der Waals surface area contributed by atoms with E-state index in [0.717, 1.165) is 10.5 Å². The summed E-state index contributed by atoms with van der Waals surface area (Å²) < 4.78 is 20.6. The third-order valence-corrected chi connectivity index (χ3v) is 5.96. The second-order valence-corrected chi connectivity index (χ2v) is 8.63. The van der Waals surface area contributed by atoms with Gasteiger partial charge in [0.05, 0.1) is 15.7 Å². The number of hydrogen-bond donors (Lipinski definition) is 2. The molecule has 1 aliphatic rings. The number of rotatable bonds is 6. The van der Waals surface area contributed by atoms with Crippen molar-refractivity contribution in [3.05, 3.63) is 99.3 Å². The average Bonchev–Trinajstić information content (AvgIpc) is 2.82. The number of carboxylic acids is 1. The minimum atomic E-state index is -1.01. The highest BCUT2D eigenvalue weighted by atomic mass is 79.9. The maximum absolute atomic E-state index is 14.3. The zero-order valence-corrected chi connectivity index (χ0v) is 20.2. The lowest BCUT2D eigenvalue weighted by Crippen LogP contribution is -2.54. The highest BCUT2D eigenvalue weighted by molar-refractivity contribution is 9.10. The predicted molar refractivity (Wildman–Crippen MR) is 134 cm³/mol. The molecule has 3 aromatic carbocycles. The van der Waals surface area contributed by atoms with Crippen LogP contribution in [0.4, 0.5) is 10.1 Å². The molecule has 0 aliphatic carbocycles. The summed E-state index contributed by atoms with van der Waals surface area (Å²) in [6.07, 6.45) is 1.38. The zero-order valence-electron chi connectivity index (χ0n) is 17.8. The van der Waals surface area contributed by atoms with Crippen molar-refractivity contribution in [1.29, 1.82) is 0 Å². The number of para-hydroxylation sites is 1. The van der Waals surface area contributed by atoms with Gasteiger partial charge in [0.15, 0.2) is 5.11 Å². The Bertz CT molecular complexity index is 1390. The summed E-state index contributed by atoms with van der Waals surface area (Å²) in [4.78, 5) is 37.4. The monoisotopic (exact) mass is 554 g/mol. The van der Waals surface area contributed by atoms with Gasteiger partial charge in [-0.1, -0.05) is 30.3 Å². The van der Waals surface area contributed by atoms with Crippen LogP contribution in [0.5, 0.6) is 5.75 Å². The van der Waals surface area contributed by atoms with Gasteiger partial charge in [0.2, 0.25) is 0 Å². The largest absolute Gasteiger partial charge is 0.488 e. The molecular weight excluding hydrogens is 539 g/mol. The highest BCUT2D eigenvalue weighted by Crippen LogP contribution is 2.29. The molecule has 0 atom stereocenters. The third kappa shape index (κ3) is 5.28. The number of amides is 2. The number of aromatic carboxylic acids is 1. The van der Waals surface area contributed by atoms with Crippen LogP contribution < -0.4 is 15.0 Å². The van der Waals surface area contributed by atoms with Crippen molar-refractivity contribution in [2.45, 2.75) is 6.61 Å². The number of nitrogens with zero attached hydrogens (tertiary/aromatic N) is 1. The van der Waals surface area contributed by atoms with Crippen molar-refractivity contribution in [2.75, 3.05) is 4.90 Å². The van der Waals surface area contributed by atoms with E-state index in [1.54, 1.807) is 36.4 Å². The van der Waals surface area contributed by atoms with Crippen molar-refractivity contribution in [2.24, 2.45) is 0 Å². The van der Waals surface area contributed by atoms with Gasteiger partial charge in [0, 0.05) is 0 Å².